The van der Waals surface area contributed by atoms with Crippen molar-refractivity contribution in [3.8, 4) is 16.9 Å². The first-order valence-corrected chi connectivity index (χ1v) is 6.70. The van der Waals surface area contributed by atoms with Crippen molar-refractivity contribution >= 4 is 16.6 Å². The van der Waals surface area contributed by atoms with Gasteiger partial charge in [-0.2, -0.15) is 0 Å². The lowest BCUT2D eigenvalue weighted by Gasteiger charge is -2.07. The summed E-state index contributed by atoms with van der Waals surface area (Å²) in [6.45, 7) is 0. The monoisotopic (exact) mass is 276 g/mol. The SMILES string of the molecule is COc1cccc(-c2ccc3cc(C(=N)N)ccc3c2)c1. The average molecular weight is 276 g/mol. The lowest BCUT2D eigenvalue weighted by molar-refractivity contribution is 0.415. The van der Waals surface area contributed by atoms with Crippen LogP contribution in [0.4, 0.5) is 0 Å². The lowest BCUT2D eigenvalue weighted by Crippen LogP contribution is -2.10. The molecule has 0 aliphatic rings. The molecule has 0 amide bonds. The predicted molar refractivity (Wildman–Crippen MR) is 87.0 cm³/mol. The Morgan fingerprint density at radius 1 is 0.905 bits per heavy atom. The van der Waals surface area contributed by atoms with Gasteiger partial charge in [-0.25, -0.2) is 0 Å². The largest absolute Gasteiger partial charge is 0.497 e. The fourth-order valence-corrected chi connectivity index (χ4v) is 2.40. The fraction of sp³-hybridized carbons (Fsp3) is 0.0556. The molecule has 104 valence electrons. The van der Waals surface area contributed by atoms with Gasteiger partial charge in [0.2, 0.25) is 0 Å². The molecule has 0 bridgehead atoms. The molecule has 3 aromatic rings. The van der Waals surface area contributed by atoms with E-state index in [1.54, 1.807) is 7.11 Å². The second-order valence-corrected chi connectivity index (χ2v) is 4.92. The van der Waals surface area contributed by atoms with Gasteiger partial charge in [0.25, 0.3) is 0 Å². The van der Waals surface area contributed by atoms with Crippen molar-refractivity contribution in [1.29, 1.82) is 5.41 Å². The molecule has 0 saturated carbocycles. The van der Waals surface area contributed by atoms with Gasteiger partial charge in [-0.1, -0.05) is 36.4 Å². The maximum atomic E-state index is 7.50. The molecule has 0 aromatic heterocycles. The van der Waals surface area contributed by atoms with Crippen molar-refractivity contribution in [2.24, 2.45) is 5.73 Å². The van der Waals surface area contributed by atoms with E-state index in [4.69, 9.17) is 15.9 Å². The highest BCUT2D eigenvalue weighted by Crippen LogP contribution is 2.27. The van der Waals surface area contributed by atoms with Gasteiger partial charge in [-0.15, -0.1) is 0 Å². The number of nitrogens with two attached hydrogens (primary N) is 1. The van der Waals surface area contributed by atoms with Crippen LogP contribution in [0.5, 0.6) is 5.75 Å². The molecule has 3 heteroatoms. The van der Waals surface area contributed by atoms with E-state index < -0.39 is 0 Å². The maximum absolute atomic E-state index is 7.50. The fourth-order valence-electron chi connectivity index (χ4n) is 2.40. The molecule has 0 fully saturated rings. The number of benzene rings is 3. The van der Waals surface area contributed by atoms with E-state index in [0.717, 1.165) is 33.2 Å². The zero-order valence-electron chi connectivity index (χ0n) is 11.8. The summed E-state index contributed by atoms with van der Waals surface area (Å²) in [6.07, 6.45) is 0. The van der Waals surface area contributed by atoms with Gasteiger partial charge in [-0.3, -0.25) is 5.41 Å². The molecule has 3 N–H and O–H groups in total. The molecular formula is C18H16N2O. The third-order valence-corrected chi connectivity index (χ3v) is 3.55. The molecule has 3 aromatic carbocycles. The van der Waals surface area contributed by atoms with Gasteiger partial charge in [0.15, 0.2) is 0 Å². The summed E-state index contributed by atoms with van der Waals surface area (Å²) < 4.78 is 5.27. The summed E-state index contributed by atoms with van der Waals surface area (Å²) in [5.74, 6) is 0.938. The van der Waals surface area contributed by atoms with E-state index in [1.165, 1.54) is 0 Å². The number of nitrogen functional groups attached to an aromatic ring is 1. The molecule has 0 aliphatic carbocycles. The second-order valence-electron chi connectivity index (χ2n) is 4.92. The first kappa shape index (κ1) is 13.2. The van der Waals surface area contributed by atoms with Crippen LogP contribution in [0.2, 0.25) is 0 Å². The number of hydrogen-bond acceptors (Lipinski definition) is 2. The van der Waals surface area contributed by atoms with E-state index in [0.29, 0.717) is 0 Å². The van der Waals surface area contributed by atoms with Crippen LogP contribution in [0.25, 0.3) is 21.9 Å². The Kier molecular flexibility index (Phi) is 3.32. The lowest BCUT2D eigenvalue weighted by atomic mass is 9.99. The standard InChI is InChI=1S/C18H16N2O/c1-21-17-4-2-3-12(11-17)13-5-6-15-10-16(18(19)20)8-7-14(15)9-13/h2-11H,1H3,(H3,19,20). The minimum atomic E-state index is 0.0915. The van der Waals surface area contributed by atoms with Crippen LogP contribution in [-0.4, -0.2) is 12.9 Å². The second kappa shape index (κ2) is 5.29. The minimum absolute atomic E-state index is 0.0915. The van der Waals surface area contributed by atoms with Crippen LogP contribution in [0.3, 0.4) is 0 Å². The molecule has 0 atom stereocenters. The number of methoxy groups -OCH3 is 1. The summed E-state index contributed by atoms with van der Waals surface area (Å²) >= 11 is 0. The normalized spacial score (nSPS) is 10.5. The van der Waals surface area contributed by atoms with E-state index in [2.05, 4.69) is 24.3 Å². The zero-order valence-corrected chi connectivity index (χ0v) is 11.8. The number of rotatable bonds is 3. The van der Waals surface area contributed by atoms with E-state index >= 15 is 0 Å². The number of ether oxygens (including phenoxy) is 1. The zero-order chi connectivity index (χ0) is 14.8. The summed E-state index contributed by atoms with van der Waals surface area (Å²) in [5, 5.41) is 9.70. The first-order chi connectivity index (χ1) is 10.2. The first-order valence-electron chi connectivity index (χ1n) is 6.70. The van der Waals surface area contributed by atoms with Crippen LogP contribution in [0.15, 0.2) is 60.7 Å². The summed E-state index contributed by atoms with van der Waals surface area (Å²) in [4.78, 5) is 0. The van der Waals surface area contributed by atoms with Crippen molar-refractivity contribution < 1.29 is 4.74 Å². The Labute approximate surface area is 123 Å². The molecule has 21 heavy (non-hydrogen) atoms. The van der Waals surface area contributed by atoms with Crippen LogP contribution in [0, 0.1) is 5.41 Å². The van der Waals surface area contributed by atoms with Crippen LogP contribution < -0.4 is 10.5 Å². The molecule has 0 unspecified atom stereocenters. The Morgan fingerprint density at radius 3 is 2.38 bits per heavy atom. The number of amidine groups is 1. The van der Waals surface area contributed by atoms with Gasteiger partial charge in [-0.05, 0) is 46.2 Å². The highest BCUT2D eigenvalue weighted by Gasteiger charge is 2.03. The average Bonchev–Trinajstić information content (AvgIpc) is 2.53. The number of hydrogen-bond donors (Lipinski definition) is 2. The molecule has 0 spiro atoms. The molecule has 0 radical (unpaired) electrons. The van der Waals surface area contributed by atoms with Crippen LogP contribution in [-0.2, 0) is 0 Å². The van der Waals surface area contributed by atoms with Gasteiger partial charge in [0.05, 0.1) is 7.11 Å². The third kappa shape index (κ3) is 2.58. The number of fused-ring (bicyclic) bond motifs is 1. The molecular weight excluding hydrogens is 260 g/mol. The van der Waals surface area contributed by atoms with Crippen molar-refractivity contribution in [1.82, 2.24) is 0 Å². The highest BCUT2D eigenvalue weighted by molar-refractivity contribution is 5.99. The quantitative estimate of drug-likeness (QED) is 0.564. The summed E-state index contributed by atoms with van der Waals surface area (Å²) in [6, 6.07) is 20.1. The summed E-state index contributed by atoms with van der Waals surface area (Å²) in [5.41, 5.74) is 8.53. The third-order valence-electron chi connectivity index (χ3n) is 3.55. The van der Waals surface area contributed by atoms with Crippen LogP contribution in [0.1, 0.15) is 5.56 Å². The van der Waals surface area contributed by atoms with Gasteiger partial charge < -0.3 is 10.5 Å². The van der Waals surface area contributed by atoms with Crippen molar-refractivity contribution in [3.05, 3.63) is 66.2 Å². The highest BCUT2D eigenvalue weighted by atomic mass is 16.5. The van der Waals surface area contributed by atoms with Gasteiger partial charge in [0, 0.05) is 5.56 Å². The maximum Gasteiger partial charge on any atom is 0.122 e. The van der Waals surface area contributed by atoms with Gasteiger partial charge >= 0.3 is 0 Å². The Bertz CT molecular complexity index is 824. The molecule has 3 rings (SSSR count). The van der Waals surface area contributed by atoms with E-state index in [9.17, 15) is 0 Å². The smallest absolute Gasteiger partial charge is 0.122 e. The molecule has 0 heterocycles. The minimum Gasteiger partial charge on any atom is -0.497 e. The van der Waals surface area contributed by atoms with Crippen molar-refractivity contribution in [2.75, 3.05) is 7.11 Å². The Hall–Kier alpha value is -2.81. The van der Waals surface area contributed by atoms with Crippen molar-refractivity contribution in [3.63, 3.8) is 0 Å². The predicted octanol–water partition coefficient (Wildman–Crippen LogP) is 3.80. The van der Waals surface area contributed by atoms with Crippen molar-refractivity contribution in [2.45, 2.75) is 0 Å². The Balaban J connectivity index is 2.08. The van der Waals surface area contributed by atoms with Crippen LogP contribution >= 0.6 is 0 Å². The Morgan fingerprint density at radius 2 is 1.62 bits per heavy atom. The topological polar surface area (TPSA) is 59.1 Å². The summed E-state index contributed by atoms with van der Waals surface area (Å²) in [7, 11) is 1.67. The molecule has 0 aliphatic heterocycles. The van der Waals surface area contributed by atoms with E-state index in [-0.39, 0.29) is 5.84 Å². The molecule has 0 saturated heterocycles. The van der Waals surface area contributed by atoms with E-state index in [1.807, 2.05) is 36.4 Å². The molecule has 3 nitrogen and oxygen atoms in total. The number of nitrogens with one attached hydrogen (secondary N) is 1. The van der Waals surface area contributed by atoms with Gasteiger partial charge in [0.1, 0.15) is 11.6 Å².